The molecular formula is C27H30ClNO6. The number of allylic oxidation sites excluding steroid dienone is 2. The van der Waals surface area contributed by atoms with Crippen molar-refractivity contribution in [2.24, 2.45) is 0 Å². The van der Waals surface area contributed by atoms with Crippen LogP contribution in [0.3, 0.4) is 0 Å². The Bertz CT molecular complexity index is 1130. The van der Waals surface area contributed by atoms with Gasteiger partial charge in [-0.2, -0.15) is 0 Å². The third kappa shape index (κ3) is 5.80. The second kappa shape index (κ2) is 11.8. The van der Waals surface area contributed by atoms with Crippen molar-refractivity contribution < 1.29 is 28.5 Å². The fourth-order valence-corrected chi connectivity index (χ4v) is 4.23. The number of nitrogens with one attached hydrogen (secondary N) is 1. The van der Waals surface area contributed by atoms with Gasteiger partial charge >= 0.3 is 11.9 Å². The Kier molecular flexibility index (Phi) is 8.82. The average molecular weight is 500 g/mol. The first kappa shape index (κ1) is 26.2. The molecule has 0 bridgehead atoms. The van der Waals surface area contributed by atoms with Gasteiger partial charge in [-0.15, -0.1) is 0 Å². The molecule has 3 rings (SSSR count). The maximum Gasteiger partial charge on any atom is 0.336 e. The monoisotopic (exact) mass is 499 g/mol. The minimum Gasteiger partial charge on any atom is -0.493 e. The number of benzene rings is 2. The van der Waals surface area contributed by atoms with Gasteiger partial charge in [-0.1, -0.05) is 35.9 Å². The topological polar surface area (TPSA) is 83.1 Å². The second-order valence-electron chi connectivity index (χ2n) is 7.87. The van der Waals surface area contributed by atoms with Crippen LogP contribution in [0.25, 0.3) is 0 Å². The fraction of sp³-hybridized carbons (Fsp3) is 0.333. The summed E-state index contributed by atoms with van der Waals surface area (Å²) >= 11 is 6.25. The standard InChI is InChI=1S/C27H30ClNO6/c1-6-33-26(30)23-16(3)29-17(4)24(27(31)34-7-2)25(23)18-12-13-21(22(14-18)32-5)35-15-19-10-8-9-11-20(19)28/h8-14,25,29H,6-7,15H2,1-5H3. The molecule has 0 aromatic heterocycles. The molecule has 0 fully saturated rings. The molecule has 2 aromatic carbocycles. The van der Waals surface area contributed by atoms with E-state index in [2.05, 4.69) is 5.32 Å². The lowest BCUT2D eigenvalue weighted by Gasteiger charge is -2.30. The second-order valence-corrected chi connectivity index (χ2v) is 8.27. The molecule has 0 radical (unpaired) electrons. The van der Waals surface area contributed by atoms with Gasteiger partial charge in [0, 0.05) is 22.0 Å². The van der Waals surface area contributed by atoms with E-state index in [0.29, 0.717) is 44.6 Å². The van der Waals surface area contributed by atoms with E-state index in [1.807, 2.05) is 18.2 Å². The van der Waals surface area contributed by atoms with Gasteiger partial charge in [-0.3, -0.25) is 0 Å². The van der Waals surface area contributed by atoms with Crippen LogP contribution in [0.1, 0.15) is 44.7 Å². The summed E-state index contributed by atoms with van der Waals surface area (Å²) in [5, 5.41) is 3.74. The molecule has 0 atom stereocenters. The van der Waals surface area contributed by atoms with Crippen LogP contribution in [0, 0.1) is 0 Å². The highest BCUT2D eigenvalue weighted by molar-refractivity contribution is 6.31. The van der Waals surface area contributed by atoms with Gasteiger partial charge in [0.25, 0.3) is 0 Å². The van der Waals surface area contributed by atoms with E-state index in [1.165, 1.54) is 7.11 Å². The minimum absolute atomic E-state index is 0.206. The predicted octanol–water partition coefficient (Wildman–Crippen LogP) is 5.29. The van der Waals surface area contributed by atoms with Gasteiger partial charge in [-0.25, -0.2) is 9.59 Å². The molecule has 0 saturated carbocycles. The Hall–Kier alpha value is -3.45. The van der Waals surface area contributed by atoms with Crippen molar-refractivity contribution in [2.45, 2.75) is 40.2 Å². The number of hydrogen-bond acceptors (Lipinski definition) is 7. The van der Waals surface area contributed by atoms with Crippen LogP contribution in [0.15, 0.2) is 65.0 Å². The predicted molar refractivity (Wildman–Crippen MR) is 133 cm³/mol. The zero-order valence-corrected chi connectivity index (χ0v) is 21.3. The van der Waals surface area contributed by atoms with Crippen molar-refractivity contribution in [2.75, 3.05) is 20.3 Å². The summed E-state index contributed by atoms with van der Waals surface area (Å²) in [6.45, 7) is 7.70. The van der Waals surface area contributed by atoms with Crippen LogP contribution in [-0.4, -0.2) is 32.3 Å². The molecule has 0 amide bonds. The number of dihydropyridines is 1. The van der Waals surface area contributed by atoms with Crippen molar-refractivity contribution in [3.8, 4) is 11.5 Å². The largest absolute Gasteiger partial charge is 0.493 e. The van der Waals surface area contributed by atoms with Crippen molar-refractivity contribution in [1.82, 2.24) is 5.32 Å². The summed E-state index contributed by atoms with van der Waals surface area (Å²) in [5.41, 5.74) is 3.40. The summed E-state index contributed by atoms with van der Waals surface area (Å²) in [7, 11) is 1.53. The highest BCUT2D eigenvalue weighted by atomic mass is 35.5. The quantitative estimate of drug-likeness (QED) is 0.469. The van der Waals surface area contributed by atoms with Crippen molar-refractivity contribution in [3.05, 3.63) is 81.2 Å². The number of esters is 2. The maximum atomic E-state index is 13.0. The van der Waals surface area contributed by atoms with Crippen molar-refractivity contribution in [3.63, 3.8) is 0 Å². The van der Waals surface area contributed by atoms with E-state index < -0.39 is 17.9 Å². The van der Waals surface area contributed by atoms with E-state index in [-0.39, 0.29) is 19.8 Å². The normalized spacial score (nSPS) is 13.9. The molecule has 8 heteroatoms. The molecule has 1 heterocycles. The number of ether oxygens (including phenoxy) is 4. The Labute approximate surface area is 210 Å². The molecule has 2 aromatic rings. The van der Waals surface area contributed by atoms with E-state index in [9.17, 15) is 9.59 Å². The highest BCUT2D eigenvalue weighted by Gasteiger charge is 2.38. The molecule has 186 valence electrons. The lowest BCUT2D eigenvalue weighted by Crippen LogP contribution is -2.32. The molecule has 0 aliphatic carbocycles. The van der Waals surface area contributed by atoms with Crippen LogP contribution in [0.5, 0.6) is 11.5 Å². The Morgan fingerprint density at radius 2 is 1.51 bits per heavy atom. The lowest BCUT2D eigenvalue weighted by atomic mass is 9.80. The van der Waals surface area contributed by atoms with E-state index in [1.54, 1.807) is 52.0 Å². The zero-order valence-electron chi connectivity index (χ0n) is 20.6. The molecule has 0 saturated heterocycles. The molecule has 0 unspecified atom stereocenters. The first-order valence-electron chi connectivity index (χ1n) is 11.4. The highest BCUT2D eigenvalue weighted by Crippen LogP contribution is 2.42. The maximum absolute atomic E-state index is 13.0. The van der Waals surface area contributed by atoms with Crippen molar-refractivity contribution >= 4 is 23.5 Å². The third-order valence-corrected chi connectivity index (χ3v) is 5.98. The van der Waals surface area contributed by atoms with E-state index >= 15 is 0 Å². The first-order chi connectivity index (χ1) is 16.8. The average Bonchev–Trinajstić information content (AvgIpc) is 2.83. The number of carbonyl (C=O) groups excluding carboxylic acids is 2. The fourth-order valence-electron chi connectivity index (χ4n) is 4.04. The Balaban J connectivity index is 2.04. The van der Waals surface area contributed by atoms with Gasteiger partial charge in [0.05, 0.1) is 37.4 Å². The van der Waals surface area contributed by atoms with Gasteiger partial charge < -0.3 is 24.3 Å². The van der Waals surface area contributed by atoms with Crippen molar-refractivity contribution in [1.29, 1.82) is 0 Å². The van der Waals surface area contributed by atoms with E-state index in [4.69, 9.17) is 30.5 Å². The first-order valence-corrected chi connectivity index (χ1v) is 11.8. The molecule has 7 nitrogen and oxygen atoms in total. The zero-order chi connectivity index (χ0) is 25.5. The molecule has 35 heavy (non-hydrogen) atoms. The Morgan fingerprint density at radius 3 is 2.06 bits per heavy atom. The summed E-state index contributed by atoms with van der Waals surface area (Å²) in [5.74, 6) is -0.762. The number of halogens is 1. The van der Waals surface area contributed by atoms with Crippen LogP contribution < -0.4 is 14.8 Å². The van der Waals surface area contributed by atoms with Crippen LogP contribution in [0.2, 0.25) is 5.02 Å². The molecular weight excluding hydrogens is 470 g/mol. The number of rotatable bonds is 9. The molecule has 1 aliphatic rings. The number of methoxy groups -OCH3 is 1. The summed E-state index contributed by atoms with van der Waals surface area (Å²) < 4.78 is 22.2. The van der Waals surface area contributed by atoms with Crippen LogP contribution >= 0.6 is 11.6 Å². The molecule has 1 aliphatic heterocycles. The number of hydrogen-bond donors (Lipinski definition) is 1. The summed E-state index contributed by atoms with van der Waals surface area (Å²) in [4.78, 5) is 25.9. The summed E-state index contributed by atoms with van der Waals surface area (Å²) in [6, 6.07) is 12.7. The Morgan fingerprint density at radius 1 is 0.914 bits per heavy atom. The molecule has 1 N–H and O–H groups in total. The van der Waals surface area contributed by atoms with Gasteiger partial charge in [0.2, 0.25) is 0 Å². The molecule has 0 spiro atoms. The van der Waals surface area contributed by atoms with E-state index in [0.717, 1.165) is 5.56 Å². The van der Waals surface area contributed by atoms with Gasteiger partial charge in [0.1, 0.15) is 6.61 Å². The van der Waals surface area contributed by atoms with Gasteiger partial charge in [-0.05, 0) is 51.5 Å². The number of carbonyl (C=O) groups is 2. The van der Waals surface area contributed by atoms with Crippen LogP contribution in [-0.2, 0) is 25.7 Å². The van der Waals surface area contributed by atoms with Gasteiger partial charge in [0.15, 0.2) is 11.5 Å². The lowest BCUT2D eigenvalue weighted by molar-refractivity contribution is -0.139. The van der Waals surface area contributed by atoms with Crippen LogP contribution in [0.4, 0.5) is 0 Å². The summed E-state index contributed by atoms with van der Waals surface area (Å²) in [6.07, 6.45) is 0. The third-order valence-electron chi connectivity index (χ3n) is 5.61. The SMILES string of the molecule is CCOC(=O)C1=C(C)NC(C)=C(C(=O)OCC)C1c1ccc(OCc2ccccc2Cl)c(OC)c1. The minimum atomic E-state index is -0.708. The smallest absolute Gasteiger partial charge is 0.336 e.